The first-order valence-corrected chi connectivity index (χ1v) is 8.33. The Balaban J connectivity index is 1.83. The first-order valence-electron chi connectivity index (χ1n) is 7.11. The maximum absolute atomic E-state index is 5.62. The van der Waals surface area contributed by atoms with Crippen LogP contribution in [0.15, 0.2) is 0 Å². The van der Waals surface area contributed by atoms with Gasteiger partial charge in [-0.25, -0.2) is 0 Å². The molecule has 2 rings (SSSR count). The number of methoxy groups -OCH3 is 1. The fourth-order valence-electron chi connectivity index (χ4n) is 3.40. The Morgan fingerprint density at radius 3 is 2.53 bits per heavy atom. The molecule has 2 atom stereocenters. The van der Waals surface area contributed by atoms with Crippen molar-refractivity contribution < 1.29 is 4.74 Å². The Bertz CT molecular complexity index is 228. The molecule has 0 spiro atoms. The van der Waals surface area contributed by atoms with Crippen LogP contribution in [0.5, 0.6) is 0 Å². The molecule has 2 unspecified atom stereocenters. The monoisotopic (exact) mass is 257 g/mol. The summed E-state index contributed by atoms with van der Waals surface area (Å²) in [6.45, 7) is 1.18. The van der Waals surface area contributed by atoms with Crippen molar-refractivity contribution in [2.75, 3.05) is 19.9 Å². The number of thioether (sulfide) groups is 1. The van der Waals surface area contributed by atoms with Gasteiger partial charge in [-0.05, 0) is 31.9 Å². The lowest BCUT2D eigenvalue weighted by Gasteiger charge is -2.35. The average Bonchev–Trinajstić information content (AvgIpc) is 2.86. The van der Waals surface area contributed by atoms with Gasteiger partial charge in [0, 0.05) is 24.4 Å². The molecule has 2 saturated carbocycles. The van der Waals surface area contributed by atoms with Gasteiger partial charge < -0.3 is 10.1 Å². The van der Waals surface area contributed by atoms with Gasteiger partial charge in [0.25, 0.3) is 0 Å². The standard InChI is InChI=1S/C14H27NOS/c1-16-13-8-4-3-7-12(13)15-11-14(17-2)9-5-6-10-14/h12-13,15H,3-11H2,1-2H3. The zero-order chi connectivity index (χ0) is 12.1. The molecule has 0 amide bonds. The Morgan fingerprint density at radius 2 is 1.88 bits per heavy atom. The molecule has 0 aromatic rings. The first kappa shape index (κ1) is 13.7. The van der Waals surface area contributed by atoms with Crippen molar-refractivity contribution >= 4 is 11.8 Å². The summed E-state index contributed by atoms with van der Waals surface area (Å²) in [6.07, 6.45) is 13.6. The minimum absolute atomic E-state index is 0.448. The largest absolute Gasteiger partial charge is 0.380 e. The lowest BCUT2D eigenvalue weighted by Crippen LogP contribution is -2.48. The summed E-state index contributed by atoms with van der Waals surface area (Å²) >= 11 is 2.07. The van der Waals surface area contributed by atoms with E-state index in [2.05, 4.69) is 23.3 Å². The molecular formula is C14H27NOS. The van der Waals surface area contributed by atoms with Gasteiger partial charge in [0.1, 0.15) is 0 Å². The fourth-order valence-corrected chi connectivity index (χ4v) is 4.33. The minimum Gasteiger partial charge on any atom is -0.380 e. The Labute approximate surface area is 110 Å². The van der Waals surface area contributed by atoms with Crippen LogP contribution in [0, 0.1) is 0 Å². The van der Waals surface area contributed by atoms with Crippen molar-refractivity contribution in [3.05, 3.63) is 0 Å². The molecule has 0 aliphatic heterocycles. The molecule has 0 saturated heterocycles. The van der Waals surface area contributed by atoms with Crippen LogP contribution in [0.1, 0.15) is 51.4 Å². The number of hydrogen-bond donors (Lipinski definition) is 1. The molecule has 2 fully saturated rings. The third-order valence-electron chi connectivity index (χ3n) is 4.64. The predicted molar refractivity (Wildman–Crippen MR) is 75.8 cm³/mol. The molecule has 100 valence electrons. The fraction of sp³-hybridized carbons (Fsp3) is 1.00. The molecule has 1 N–H and O–H groups in total. The number of ether oxygens (including phenoxy) is 1. The van der Waals surface area contributed by atoms with Gasteiger partial charge in [-0.1, -0.05) is 25.7 Å². The van der Waals surface area contributed by atoms with E-state index in [4.69, 9.17) is 4.74 Å². The zero-order valence-corrected chi connectivity index (χ0v) is 12.2. The highest BCUT2D eigenvalue weighted by Gasteiger charge is 2.34. The van der Waals surface area contributed by atoms with Gasteiger partial charge in [-0.15, -0.1) is 0 Å². The van der Waals surface area contributed by atoms with Crippen LogP contribution >= 0.6 is 11.8 Å². The second-order valence-electron chi connectivity index (χ2n) is 5.64. The Kier molecular flexibility index (Phi) is 5.19. The van der Waals surface area contributed by atoms with Crippen molar-refractivity contribution in [2.24, 2.45) is 0 Å². The summed E-state index contributed by atoms with van der Waals surface area (Å²) in [6, 6.07) is 0.596. The molecule has 2 aliphatic carbocycles. The third kappa shape index (κ3) is 3.39. The van der Waals surface area contributed by atoms with E-state index in [1.165, 1.54) is 57.9 Å². The van der Waals surface area contributed by atoms with E-state index in [1.807, 2.05) is 7.11 Å². The molecular weight excluding hydrogens is 230 g/mol. The highest BCUT2D eigenvalue weighted by Crippen LogP contribution is 2.39. The van der Waals surface area contributed by atoms with Crippen LogP contribution in [0.4, 0.5) is 0 Å². The van der Waals surface area contributed by atoms with Gasteiger partial charge in [0.05, 0.1) is 6.10 Å². The molecule has 0 aromatic carbocycles. The quantitative estimate of drug-likeness (QED) is 0.817. The summed E-state index contributed by atoms with van der Waals surface area (Å²) in [7, 11) is 1.87. The molecule has 2 nitrogen and oxygen atoms in total. The van der Waals surface area contributed by atoms with Crippen LogP contribution < -0.4 is 5.32 Å². The van der Waals surface area contributed by atoms with Crippen molar-refractivity contribution in [2.45, 2.75) is 68.3 Å². The Morgan fingerprint density at radius 1 is 1.18 bits per heavy atom. The van der Waals surface area contributed by atoms with E-state index < -0.39 is 0 Å². The second-order valence-corrected chi connectivity index (χ2v) is 6.91. The molecule has 2 aliphatic rings. The topological polar surface area (TPSA) is 21.3 Å². The van der Waals surface area contributed by atoms with Crippen LogP contribution in [0.2, 0.25) is 0 Å². The molecule has 0 heterocycles. The maximum Gasteiger partial charge on any atom is 0.0724 e. The van der Waals surface area contributed by atoms with E-state index in [0.717, 1.165) is 0 Å². The predicted octanol–water partition coefficient (Wildman–Crippen LogP) is 3.21. The van der Waals surface area contributed by atoms with Crippen molar-refractivity contribution in [1.29, 1.82) is 0 Å². The van der Waals surface area contributed by atoms with Gasteiger partial charge in [0.15, 0.2) is 0 Å². The SMILES string of the molecule is COC1CCCCC1NCC1(SC)CCCC1. The summed E-state index contributed by atoms with van der Waals surface area (Å²) in [5, 5.41) is 3.81. The maximum atomic E-state index is 5.62. The molecule has 17 heavy (non-hydrogen) atoms. The van der Waals surface area contributed by atoms with Gasteiger partial charge in [-0.2, -0.15) is 11.8 Å². The highest BCUT2D eigenvalue weighted by molar-refractivity contribution is 8.00. The van der Waals surface area contributed by atoms with Crippen molar-refractivity contribution in [1.82, 2.24) is 5.32 Å². The van der Waals surface area contributed by atoms with Crippen LogP contribution in [0.25, 0.3) is 0 Å². The molecule has 0 radical (unpaired) electrons. The van der Waals surface area contributed by atoms with E-state index in [-0.39, 0.29) is 0 Å². The second kappa shape index (κ2) is 6.44. The summed E-state index contributed by atoms with van der Waals surface area (Å²) in [5.41, 5.74) is 0. The van der Waals surface area contributed by atoms with E-state index >= 15 is 0 Å². The Hall–Kier alpha value is 0.270. The summed E-state index contributed by atoms with van der Waals surface area (Å²) in [5.74, 6) is 0. The van der Waals surface area contributed by atoms with Crippen molar-refractivity contribution in [3.8, 4) is 0 Å². The zero-order valence-electron chi connectivity index (χ0n) is 11.3. The minimum atomic E-state index is 0.448. The van der Waals surface area contributed by atoms with Crippen LogP contribution in [0.3, 0.4) is 0 Å². The first-order chi connectivity index (χ1) is 8.29. The number of rotatable bonds is 5. The molecule has 3 heteroatoms. The average molecular weight is 257 g/mol. The van der Waals surface area contributed by atoms with E-state index in [0.29, 0.717) is 16.9 Å². The molecule has 0 aromatic heterocycles. The summed E-state index contributed by atoms with van der Waals surface area (Å²) < 4.78 is 6.14. The number of nitrogens with one attached hydrogen (secondary N) is 1. The van der Waals surface area contributed by atoms with E-state index in [9.17, 15) is 0 Å². The third-order valence-corrected chi connectivity index (χ3v) is 6.06. The van der Waals surface area contributed by atoms with Crippen LogP contribution in [-0.2, 0) is 4.74 Å². The lowest BCUT2D eigenvalue weighted by atomic mass is 9.92. The van der Waals surface area contributed by atoms with Gasteiger partial charge in [0.2, 0.25) is 0 Å². The van der Waals surface area contributed by atoms with Crippen molar-refractivity contribution in [3.63, 3.8) is 0 Å². The smallest absolute Gasteiger partial charge is 0.0724 e. The lowest BCUT2D eigenvalue weighted by molar-refractivity contribution is 0.0411. The van der Waals surface area contributed by atoms with E-state index in [1.54, 1.807) is 0 Å². The highest BCUT2D eigenvalue weighted by atomic mass is 32.2. The normalized spacial score (nSPS) is 32.8. The summed E-state index contributed by atoms with van der Waals surface area (Å²) in [4.78, 5) is 0. The van der Waals surface area contributed by atoms with Gasteiger partial charge >= 0.3 is 0 Å². The number of hydrogen-bond acceptors (Lipinski definition) is 3. The van der Waals surface area contributed by atoms with Gasteiger partial charge in [-0.3, -0.25) is 0 Å². The molecule has 0 bridgehead atoms. The van der Waals surface area contributed by atoms with Crippen LogP contribution in [-0.4, -0.2) is 36.8 Å².